The molecule has 4 nitrogen and oxygen atoms in total. The van der Waals surface area contributed by atoms with Crippen molar-refractivity contribution in [1.82, 2.24) is 5.32 Å². The van der Waals surface area contributed by atoms with E-state index >= 15 is 0 Å². The van der Waals surface area contributed by atoms with E-state index in [-0.39, 0.29) is 12.0 Å². The van der Waals surface area contributed by atoms with Crippen LogP contribution in [0.1, 0.15) is 32.1 Å². The van der Waals surface area contributed by atoms with E-state index in [9.17, 15) is 4.79 Å². The van der Waals surface area contributed by atoms with Crippen LogP contribution in [0.2, 0.25) is 5.02 Å². The zero-order valence-electron chi connectivity index (χ0n) is 11.7. The lowest BCUT2D eigenvalue weighted by molar-refractivity contribution is -0.116. The van der Waals surface area contributed by atoms with Gasteiger partial charge in [0.2, 0.25) is 5.91 Å². The zero-order chi connectivity index (χ0) is 14.4. The van der Waals surface area contributed by atoms with E-state index in [0.29, 0.717) is 29.4 Å². The van der Waals surface area contributed by atoms with E-state index in [1.54, 1.807) is 6.07 Å². The Balaban J connectivity index is 1.92. The van der Waals surface area contributed by atoms with Crippen molar-refractivity contribution in [2.45, 2.75) is 38.2 Å². The number of rotatable bonds is 6. The van der Waals surface area contributed by atoms with Crippen LogP contribution in [0.25, 0.3) is 0 Å². The lowest BCUT2D eigenvalue weighted by Gasteiger charge is -2.15. The predicted molar refractivity (Wildman–Crippen MR) is 81.5 cm³/mol. The number of ether oxygens (including phenoxy) is 1. The quantitative estimate of drug-likeness (QED) is 0.847. The molecule has 0 aliphatic heterocycles. The van der Waals surface area contributed by atoms with Crippen molar-refractivity contribution in [3.8, 4) is 5.75 Å². The Labute approximate surface area is 124 Å². The minimum absolute atomic E-state index is 0.0279. The highest BCUT2D eigenvalue weighted by molar-refractivity contribution is 6.32. The third-order valence-corrected chi connectivity index (χ3v) is 3.71. The van der Waals surface area contributed by atoms with Gasteiger partial charge >= 0.3 is 0 Å². The SMILES string of the molecule is CNCCC(=O)Nc1ccc(OC2CCCC2)c(Cl)c1. The number of amides is 1. The Hall–Kier alpha value is -1.26. The first-order valence-electron chi connectivity index (χ1n) is 7.09. The van der Waals surface area contributed by atoms with Gasteiger partial charge in [-0.3, -0.25) is 4.79 Å². The number of halogens is 1. The smallest absolute Gasteiger partial charge is 0.225 e. The minimum atomic E-state index is -0.0279. The summed E-state index contributed by atoms with van der Waals surface area (Å²) in [6.07, 6.45) is 5.36. The van der Waals surface area contributed by atoms with E-state index in [1.165, 1.54) is 12.8 Å². The molecule has 1 saturated carbocycles. The van der Waals surface area contributed by atoms with Gasteiger partial charge in [-0.1, -0.05) is 11.6 Å². The van der Waals surface area contributed by atoms with E-state index in [2.05, 4.69) is 10.6 Å². The second-order valence-corrected chi connectivity index (χ2v) is 5.48. The summed E-state index contributed by atoms with van der Waals surface area (Å²) in [6, 6.07) is 5.39. The van der Waals surface area contributed by atoms with Gasteiger partial charge in [0.1, 0.15) is 5.75 Å². The summed E-state index contributed by atoms with van der Waals surface area (Å²) in [7, 11) is 1.82. The normalized spacial score (nSPS) is 15.3. The molecule has 1 fully saturated rings. The van der Waals surface area contributed by atoms with Crippen LogP contribution in [-0.2, 0) is 4.79 Å². The van der Waals surface area contributed by atoms with Crippen molar-refractivity contribution in [3.63, 3.8) is 0 Å². The molecule has 5 heteroatoms. The lowest BCUT2D eigenvalue weighted by Crippen LogP contribution is -2.18. The van der Waals surface area contributed by atoms with Gasteiger partial charge < -0.3 is 15.4 Å². The van der Waals surface area contributed by atoms with Gasteiger partial charge in [0.15, 0.2) is 0 Å². The van der Waals surface area contributed by atoms with Gasteiger partial charge in [-0.05, 0) is 50.9 Å². The van der Waals surface area contributed by atoms with Gasteiger partial charge in [-0.2, -0.15) is 0 Å². The maximum Gasteiger partial charge on any atom is 0.225 e. The summed E-state index contributed by atoms with van der Waals surface area (Å²) >= 11 is 6.21. The molecular weight excluding hydrogens is 276 g/mol. The molecule has 20 heavy (non-hydrogen) atoms. The lowest BCUT2D eigenvalue weighted by atomic mass is 10.2. The molecule has 0 aromatic heterocycles. The average Bonchev–Trinajstić information content (AvgIpc) is 2.92. The summed E-state index contributed by atoms with van der Waals surface area (Å²) in [5.41, 5.74) is 0.704. The summed E-state index contributed by atoms with van der Waals surface area (Å²) < 4.78 is 5.88. The number of carbonyl (C=O) groups is 1. The number of nitrogens with one attached hydrogen (secondary N) is 2. The molecule has 0 radical (unpaired) electrons. The molecule has 1 aliphatic carbocycles. The molecule has 0 atom stereocenters. The fraction of sp³-hybridized carbons (Fsp3) is 0.533. The first-order valence-corrected chi connectivity index (χ1v) is 7.47. The monoisotopic (exact) mass is 296 g/mol. The molecule has 1 aliphatic rings. The summed E-state index contributed by atoms with van der Waals surface area (Å²) in [6.45, 7) is 0.655. The number of carbonyl (C=O) groups excluding carboxylic acids is 1. The number of hydrogen-bond acceptors (Lipinski definition) is 3. The molecular formula is C15H21ClN2O2. The van der Waals surface area contributed by atoms with Crippen molar-refractivity contribution in [1.29, 1.82) is 0 Å². The summed E-state index contributed by atoms with van der Waals surface area (Å²) in [5, 5.41) is 6.30. The topological polar surface area (TPSA) is 50.4 Å². The largest absolute Gasteiger partial charge is 0.489 e. The molecule has 1 amide bonds. The Kier molecular flexibility index (Phi) is 5.68. The molecule has 1 aromatic rings. The van der Waals surface area contributed by atoms with Crippen LogP contribution < -0.4 is 15.4 Å². The van der Waals surface area contributed by atoms with E-state index in [4.69, 9.17) is 16.3 Å². The predicted octanol–water partition coefficient (Wildman–Crippen LogP) is 3.21. The molecule has 110 valence electrons. The van der Waals surface area contributed by atoms with Crippen LogP contribution in [0, 0.1) is 0 Å². The fourth-order valence-corrected chi connectivity index (χ4v) is 2.55. The van der Waals surface area contributed by atoms with Crippen molar-refractivity contribution in [2.75, 3.05) is 18.9 Å². The van der Waals surface area contributed by atoms with Gasteiger partial charge in [-0.25, -0.2) is 0 Å². The van der Waals surface area contributed by atoms with Crippen LogP contribution in [-0.4, -0.2) is 25.6 Å². The maximum absolute atomic E-state index is 11.6. The highest BCUT2D eigenvalue weighted by atomic mass is 35.5. The van der Waals surface area contributed by atoms with Crippen LogP contribution in [0.5, 0.6) is 5.75 Å². The Morgan fingerprint density at radius 3 is 2.80 bits per heavy atom. The van der Waals surface area contributed by atoms with Gasteiger partial charge in [0.25, 0.3) is 0 Å². The molecule has 0 saturated heterocycles. The molecule has 0 spiro atoms. The third kappa shape index (κ3) is 4.39. The third-order valence-electron chi connectivity index (χ3n) is 3.41. The van der Waals surface area contributed by atoms with E-state index < -0.39 is 0 Å². The highest BCUT2D eigenvalue weighted by Crippen LogP contribution is 2.31. The Bertz CT molecular complexity index is 459. The van der Waals surface area contributed by atoms with Crippen LogP contribution in [0.4, 0.5) is 5.69 Å². The number of anilines is 1. The highest BCUT2D eigenvalue weighted by Gasteiger charge is 2.17. The molecule has 0 unspecified atom stereocenters. The molecule has 1 aromatic carbocycles. The maximum atomic E-state index is 11.6. The standard InChI is InChI=1S/C15H21ClN2O2/c1-17-9-8-15(19)18-11-6-7-14(13(16)10-11)20-12-4-2-3-5-12/h6-7,10,12,17H,2-5,8-9H2,1H3,(H,18,19). The molecule has 0 bridgehead atoms. The van der Waals surface area contributed by atoms with E-state index in [1.807, 2.05) is 19.2 Å². The second kappa shape index (κ2) is 7.50. The zero-order valence-corrected chi connectivity index (χ0v) is 12.5. The summed E-state index contributed by atoms with van der Waals surface area (Å²) in [4.78, 5) is 11.6. The summed E-state index contributed by atoms with van der Waals surface area (Å²) in [5.74, 6) is 0.673. The van der Waals surface area contributed by atoms with Crippen molar-refractivity contribution in [3.05, 3.63) is 23.2 Å². The van der Waals surface area contributed by atoms with E-state index in [0.717, 1.165) is 12.8 Å². The van der Waals surface area contributed by atoms with Gasteiger partial charge in [0, 0.05) is 18.7 Å². The molecule has 2 N–H and O–H groups in total. The molecule has 2 rings (SSSR count). The first kappa shape index (κ1) is 15.1. The Morgan fingerprint density at radius 1 is 1.40 bits per heavy atom. The van der Waals surface area contributed by atoms with Crippen LogP contribution in [0.3, 0.4) is 0 Å². The fourth-order valence-electron chi connectivity index (χ4n) is 2.32. The Morgan fingerprint density at radius 2 is 2.15 bits per heavy atom. The minimum Gasteiger partial charge on any atom is -0.489 e. The molecule has 0 heterocycles. The number of benzene rings is 1. The van der Waals surface area contributed by atoms with Gasteiger partial charge in [0.05, 0.1) is 11.1 Å². The van der Waals surface area contributed by atoms with Crippen molar-refractivity contribution >= 4 is 23.2 Å². The van der Waals surface area contributed by atoms with Crippen molar-refractivity contribution in [2.24, 2.45) is 0 Å². The van der Waals surface area contributed by atoms with Crippen molar-refractivity contribution < 1.29 is 9.53 Å². The average molecular weight is 297 g/mol. The number of hydrogen-bond donors (Lipinski definition) is 2. The second-order valence-electron chi connectivity index (χ2n) is 5.07. The van der Waals surface area contributed by atoms with Gasteiger partial charge in [-0.15, -0.1) is 0 Å². The van der Waals surface area contributed by atoms with Crippen LogP contribution in [0.15, 0.2) is 18.2 Å². The first-order chi connectivity index (χ1) is 9.69. The van der Waals surface area contributed by atoms with Crippen LogP contribution >= 0.6 is 11.6 Å².